The molecule has 0 aliphatic heterocycles. The quantitative estimate of drug-likeness (QED) is 0.823. The highest BCUT2D eigenvalue weighted by atomic mass is 16.2. The predicted octanol–water partition coefficient (Wildman–Crippen LogP) is 3.09. The van der Waals surface area contributed by atoms with Gasteiger partial charge in [0.05, 0.1) is 0 Å². The molecule has 0 aromatic heterocycles. The van der Waals surface area contributed by atoms with Gasteiger partial charge in [-0.1, -0.05) is 49.8 Å². The van der Waals surface area contributed by atoms with Crippen LogP contribution < -0.4 is 10.6 Å². The molecule has 0 aliphatic carbocycles. The SMILES string of the molecule is C/C(=C\NC(=O)NCCc1ccccc1)C(C)C. The monoisotopic (exact) mass is 246 g/mol. The van der Waals surface area contributed by atoms with Gasteiger partial charge in [0.1, 0.15) is 0 Å². The van der Waals surface area contributed by atoms with Gasteiger partial charge in [0, 0.05) is 12.7 Å². The molecule has 1 aromatic rings. The van der Waals surface area contributed by atoms with E-state index in [9.17, 15) is 4.79 Å². The Morgan fingerprint density at radius 3 is 2.56 bits per heavy atom. The standard InChI is InChI=1S/C15H22N2O/c1-12(2)13(3)11-17-15(18)16-10-9-14-7-5-4-6-8-14/h4-8,11-12H,9-10H2,1-3H3,(H2,16,17,18)/b13-11+. The summed E-state index contributed by atoms with van der Waals surface area (Å²) in [4.78, 5) is 11.5. The first kappa shape index (κ1) is 14.3. The maximum atomic E-state index is 11.5. The zero-order chi connectivity index (χ0) is 13.4. The average molecular weight is 246 g/mol. The number of rotatable bonds is 5. The number of hydrogen-bond donors (Lipinski definition) is 2. The van der Waals surface area contributed by atoms with E-state index >= 15 is 0 Å². The Balaban J connectivity index is 2.24. The van der Waals surface area contributed by atoms with Crippen LogP contribution in [0.2, 0.25) is 0 Å². The van der Waals surface area contributed by atoms with Gasteiger partial charge < -0.3 is 10.6 Å². The van der Waals surface area contributed by atoms with E-state index in [4.69, 9.17) is 0 Å². The van der Waals surface area contributed by atoms with Crippen LogP contribution in [0.15, 0.2) is 42.1 Å². The highest BCUT2D eigenvalue weighted by molar-refractivity contribution is 5.74. The van der Waals surface area contributed by atoms with E-state index in [0.29, 0.717) is 12.5 Å². The van der Waals surface area contributed by atoms with Crippen LogP contribution in [0.4, 0.5) is 4.79 Å². The molecule has 0 radical (unpaired) electrons. The van der Waals surface area contributed by atoms with Crippen molar-refractivity contribution < 1.29 is 4.79 Å². The lowest BCUT2D eigenvalue weighted by molar-refractivity contribution is 0.244. The van der Waals surface area contributed by atoms with Crippen molar-refractivity contribution >= 4 is 6.03 Å². The second-order valence-corrected chi connectivity index (χ2v) is 4.68. The first-order valence-electron chi connectivity index (χ1n) is 6.34. The second kappa shape index (κ2) is 7.54. The normalized spacial score (nSPS) is 11.4. The van der Waals surface area contributed by atoms with Crippen LogP contribution in [0, 0.1) is 5.92 Å². The molecule has 0 saturated heterocycles. The van der Waals surface area contributed by atoms with E-state index in [1.54, 1.807) is 6.20 Å². The summed E-state index contributed by atoms with van der Waals surface area (Å²) in [6, 6.07) is 9.97. The number of amides is 2. The number of carbonyl (C=O) groups is 1. The maximum Gasteiger partial charge on any atom is 0.318 e. The topological polar surface area (TPSA) is 41.1 Å². The van der Waals surface area contributed by atoms with Crippen LogP contribution >= 0.6 is 0 Å². The van der Waals surface area contributed by atoms with Gasteiger partial charge in [-0.2, -0.15) is 0 Å². The summed E-state index contributed by atoms with van der Waals surface area (Å²) in [6.07, 6.45) is 2.61. The molecule has 1 rings (SSSR count). The van der Waals surface area contributed by atoms with Crippen molar-refractivity contribution in [2.24, 2.45) is 5.92 Å². The summed E-state index contributed by atoms with van der Waals surface area (Å²) in [6.45, 7) is 6.85. The lowest BCUT2D eigenvalue weighted by Crippen LogP contribution is -2.33. The Bertz CT molecular complexity index is 396. The summed E-state index contributed by atoms with van der Waals surface area (Å²) >= 11 is 0. The number of carbonyl (C=O) groups excluding carboxylic acids is 1. The van der Waals surface area contributed by atoms with Gasteiger partial charge in [-0.05, 0) is 24.8 Å². The van der Waals surface area contributed by atoms with E-state index in [1.165, 1.54) is 5.56 Å². The third-order valence-corrected chi connectivity index (χ3v) is 2.88. The minimum absolute atomic E-state index is 0.147. The number of urea groups is 1. The minimum Gasteiger partial charge on any atom is -0.338 e. The van der Waals surface area contributed by atoms with Crippen LogP contribution in [0.25, 0.3) is 0 Å². The molecule has 0 aliphatic rings. The Morgan fingerprint density at radius 2 is 1.94 bits per heavy atom. The molecule has 0 saturated carbocycles. The fraction of sp³-hybridized carbons (Fsp3) is 0.400. The van der Waals surface area contributed by atoms with Crippen LogP contribution in [-0.2, 0) is 6.42 Å². The number of benzene rings is 1. The van der Waals surface area contributed by atoms with Crippen molar-refractivity contribution in [2.75, 3.05) is 6.54 Å². The molecule has 3 nitrogen and oxygen atoms in total. The van der Waals surface area contributed by atoms with Crippen molar-refractivity contribution in [3.8, 4) is 0 Å². The molecule has 2 amide bonds. The van der Waals surface area contributed by atoms with Crippen molar-refractivity contribution in [3.05, 3.63) is 47.7 Å². The number of nitrogens with one attached hydrogen (secondary N) is 2. The zero-order valence-electron chi connectivity index (χ0n) is 11.4. The molecule has 98 valence electrons. The molecule has 2 N–H and O–H groups in total. The lowest BCUT2D eigenvalue weighted by atomic mass is 10.1. The van der Waals surface area contributed by atoms with Gasteiger partial charge in [-0.15, -0.1) is 0 Å². The molecule has 1 aromatic carbocycles. The van der Waals surface area contributed by atoms with Crippen molar-refractivity contribution in [1.29, 1.82) is 0 Å². The smallest absolute Gasteiger partial charge is 0.318 e. The van der Waals surface area contributed by atoms with Gasteiger partial charge >= 0.3 is 6.03 Å². The van der Waals surface area contributed by atoms with Crippen LogP contribution in [0.1, 0.15) is 26.3 Å². The van der Waals surface area contributed by atoms with Gasteiger partial charge in [0.2, 0.25) is 0 Å². The second-order valence-electron chi connectivity index (χ2n) is 4.68. The van der Waals surface area contributed by atoms with E-state index in [1.807, 2.05) is 25.1 Å². The summed E-state index contributed by atoms with van der Waals surface area (Å²) in [5.41, 5.74) is 2.39. The Hall–Kier alpha value is -1.77. The largest absolute Gasteiger partial charge is 0.338 e. The molecule has 0 fully saturated rings. The summed E-state index contributed by atoms with van der Waals surface area (Å²) < 4.78 is 0. The molecule has 0 atom stereocenters. The average Bonchev–Trinajstić information content (AvgIpc) is 2.37. The highest BCUT2D eigenvalue weighted by Gasteiger charge is 1.99. The lowest BCUT2D eigenvalue weighted by Gasteiger charge is -2.07. The van der Waals surface area contributed by atoms with Crippen LogP contribution in [-0.4, -0.2) is 12.6 Å². The molecular formula is C15H22N2O. The Kier molecular flexibility index (Phi) is 5.98. The summed E-state index contributed by atoms with van der Waals surface area (Å²) in [5.74, 6) is 0.453. The maximum absolute atomic E-state index is 11.5. The van der Waals surface area contributed by atoms with Gasteiger partial charge in [0.15, 0.2) is 0 Å². The van der Waals surface area contributed by atoms with E-state index in [-0.39, 0.29) is 6.03 Å². The third-order valence-electron chi connectivity index (χ3n) is 2.88. The third kappa shape index (κ3) is 5.53. The first-order chi connectivity index (χ1) is 8.59. The minimum atomic E-state index is -0.147. The highest BCUT2D eigenvalue weighted by Crippen LogP contribution is 2.05. The fourth-order valence-electron chi connectivity index (χ4n) is 1.36. The molecule has 0 unspecified atom stereocenters. The summed E-state index contributed by atoms with van der Waals surface area (Å²) in [7, 11) is 0. The van der Waals surface area contributed by atoms with E-state index < -0.39 is 0 Å². The van der Waals surface area contributed by atoms with E-state index in [2.05, 4.69) is 36.6 Å². The molecule has 0 spiro atoms. The molecular weight excluding hydrogens is 224 g/mol. The van der Waals surface area contributed by atoms with E-state index in [0.717, 1.165) is 12.0 Å². The van der Waals surface area contributed by atoms with Crippen molar-refractivity contribution in [1.82, 2.24) is 10.6 Å². The molecule has 0 bridgehead atoms. The van der Waals surface area contributed by atoms with Gasteiger partial charge in [-0.3, -0.25) is 0 Å². The van der Waals surface area contributed by atoms with Crippen molar-refractivity contribution in [2.45, 2.75) is 27.2 Å². The number of allylic oxidation sites excluding steroid dienone is 1. The predicted molar refractivity (Wildman–Crippen MR) is 75.3 cm³/mol. The van der Waals surface area contributed by atoms with Gasteiger partial charge in [0.25, 0.3) is 0 Å². The van der Waals surface area contributed by atoms with Crippen molar-refractivity contribution in [3.63, 3.8) is 0 Å². The molecule has 3 heteroatoms. The number of hydrogen-bond acceptors (Lipinski definition) is 1. The van der Waals surface area contributed by atoms with Crippen LogP contribution in [0.5, 0.6) is 0 Å². The zero-order valence-corrected chi connectivity index (χ0v) is 11.4. The first-order valence-corrected chi connectivity index (χ1v) is 6.34. The fourth-order valence-corrected chi connectivity index (χ4v) is 1.36. The Morgan fingerprint density at radius 1 is 1.28 bits per heavy atom. The Labute approximate surface area is 109 Å². The summed E-state index contributed by atoms with van der Waals surface area (Å²) in [5, 5.41) is 5.57. The van der Waals surface area contributed by atoms with Crippen LogP contribution in [0.3, 0.4) is 0 Å². The molecule has 0 heterocycles. The van der Waals surface area contributed by atoms with Gasteiger partial charge in [-0.25, -0.2) is 4.79 Å². The molecule has 18 heavy (non-hydrogen) atoms.